The number of amides is 1. The Bertz CT molecular complexity index is 1230. The van der Waals surface area contributed by atoms with Crippen LogP contribution in [0.15, 0.2) is 6.07 Å². The number of hydrogen-bond acceptors (Lipinski definition) is 7. The van der Waals surface area contributed by atoms with Crippen LogP contribution in [0.1, 0.15) is 87.2 Å². The van der Waals surface area contributed by atoms with Gasteiger partial charge in [-0.25, -0.2) is 9.78 Å². The van der Waals surface area contributed by atoms with Crippen LogP contribution in [-0.2, 0) is 30.4 Å². The van der Waals surface area contributed by atoms with Crippen LogP contribution < -0.4 is 11.1 Å². The molecular weight excluding hydrogens is 454 g/mol. The molecule has 2 aliphatic carbocycles. The van der Waals surface area contributed by atoms with E-state index >= 15 is 0 Å². The van der Waals surface area contributed by atoms with Crippen molar-refractivity contribution in [3.05, 3.63) is 38.2 Å². The third kappa shape index (κ3) is 4.26. The molecule has 0 saturated carbocycles. The Morgan fingerprint density at radius 2 is 1.82 bits per heavy atom. The van der Waals surface area contributed by atoms with Crippen molar-refractivity contribution in [1.82, 2.24) is 4.98 Å². The first-order valence-corrected chi connectivity index (χ1v) is 13.5. The van der Waals surface area contributed by atoms with Crippen molar-refractivity contribution in [1.29, 1.82) is 0 Å². The fourth-order valence-electron chi connectivity index (χ4n) is 4.91. The third-order valence-electron chi connectivity index (χ3n) is 6.58. The van der Waals surface area contributed by atoms with Gasteiger partial charge in [-0.3, -0.25) is 4.79 Å². The smallest absolute Gasteiger partial charge is 0.341 e. The molecule has 1 amide bonds. The van der Waals surface area contributed by atoms with E-state index in [9.17, 15) is 9.59 Å². The first-order valence-electron chi connectivity index (χ1n) is 11.9. The van der Waals surface area contributed by atoms with Gasteiger partial charge >= 0.3 is 5.97 Å². The number of nitrogens with one attached hydrogen (secondary N) is 1. The van der Waals surface area contributed by atoms with Gasteiger partial charge in [-0.15, -0.1) is 22.7 Å². The van der Waals surface area contributed by atoms with Crippen LogP contribution in [0, 0.1) is 0 Å². The molecule has 3 aromatic rings. The highest BCUT2D eigenvalue weighted by Gasteiger charge is 2.28. The highest BCUT2D eigenvalue weighted by Crippen LogP contribution is 2.40. The molecule has 0 bridgehead atoms. The Morgan fingerprint density at radius 1 is 1.06 bits per heavy atom. The number of aromatic nitrogens is 1. The number of rotatable bonds is 4. The highest BCUT2D eigenvalue weighted by molar-refractivity contribution is 7.21. The van der Waals surface area contributed by atoms with E-state index in [-0.39, 0.29) is 11.9 Å². The highest BCUT2D eigenvalue weighted by atomic mass is 32.1. The Hall–Kier alpha value is -2.45. The number of nitrogen functional groups attached to an aromatic ring is 1. The molecule has 0 unspecified atom stereocenters. The van der Waals surface area contributed by atoms with E-state index in [1.807, 2.05) is 0 Å². The molecule has 174 valence electrons. The number of aryl methyl sites for hydroxylation is 3. The maximum absolute atomic E-state index is 13.3. The summed E-state index contributed by atoms with van der Waals surface area (Å²) in [6.45, 7) is 2.10. The molecule has 0 atom stereocenters. The average Bonchev–Trinajstić information content (AvgIpc) is 3.31. The van der Waals surface area contributed by atoms with Gasteiger partial charge in [0.25, 0.3) is 5.91 Å². The fraction of sp³-hybridized carbons (Fsp3) is 0.480. The van der Waals surface area contributed by atoms with E-state index in [2.05, 4.69) is 11.4 Å². The minimum absolute atomic E-state index is 0.285. The Morgan fingerprint density at radius 3 is 2.64 bits per heavy atom. The molecule has 8 heteroatoms. The van der Waals surface area contributed by atoms with Crippen molar-refractivity contribution < 1.29 is 14.3 Å². The van der Waals surface area contributed by atoms with Crippen molar-refractivity contribution in [3.63, 3.8) is 0 Å². The second-order valence-electron chi connectivity index (χ2n) is 8.80. The Balaban J connectivity index is 1.49. The van der Waals surface area contributed by atoms with Crippen LogP contribution in [0.3, 0.4) is 0 Å². The number of esters is 1. The first kappa shape index (κ1) is 22.3. The maximum Gasteiger partial charge on any atom is 0.341 e. The second kappa shape index (κ2) is 9.43. The summed E-state index contributed by atoms with van der Waals surface area (Å²) in [6.07, 6.45) is 10.7. The molecule has 0 saturated heterocycles. The summed E-state index contributed by atoms with van der Waals surface area (Å²) in [5.41, 5.74) is 10.9. The van der Waals surface area contributed by atoms with E-state index in [0.29, 0.717) is 27.7 Å². The molecule has 0 fully saturated rings. The lowest BCUT2D eigenvalue weighted by atomic mass is 9.95. The zero-order chi connectivity index (χ0) is 22.9. The number of fused-ring (bicyclic) bond motifs is 3. The normalized spacial score (nSPS) is 15.9. The topological polar surface area (TPSA) is 94.3 Å². The number of anilines is 2. The predicted octanol–water partition coefficient (Wildman–Crippen LogP) is 5.91. The van der Waals surface area contributed by atoms with Crippen molar-refractivity contribution in [2.24, 2.45) is 0 Å². The van der Waals surface area contributed by atoms with Gasteiger partial charge in [0.1, 0.15) is 14.7 Å². The number of ether oxygens (including phenoxy) is 1. The summed E-state index contributed by atoms with van der Waals surface area (Å²) in [5, 5.41) is 4.43. The van der Waals surface area contributed by atoms with E-state index in [1.165, 1.54) is 46.0 Å². The van der Waals surface area contributed by atoms with Gasteiger partial charge in [0.05, 0.1) is 17.9 Å². The molecule has 6 nitrogen and oxygen atoms in total. The predicted molar refractivity (Wildman–Crippen MR) is 135 cm³/mol. The van der Waals surface area contributed by atoms with Crippen LogP contribution in [0.25, 0.3) is 10.2 Å². The molecule has 3 N–H and O–H groups in total. The van der Waals surface area contributed by atoms with Crippen LogP contribution in [0.4, 0.5) is 10.7 Å². The number of nitrogens with zero attached hydrogens (tertiary/aromatic N) is 1. The molecule has 2 aliphatic rings. The molecular formula is C25H29N3O3S2. The number of hydrogen-bond donors (Lipinski definition) is 2. The van der Waals surface area contributed by atoms with Gasteiger partial charge in [-0.1, -0.05) is 12.8 Å². The van der Waals surface area contributed by atoms with Gasteiger partial charge in [-0.05, 0) is 75.5 Å². The first-order chi connectivity index (χ1) is 16.1. The van der Waals surface area contributed by atoms with E-state index < -0.39 is 0 Å². The Kier molecular flexibility index (Phi) is 6.38. The summed E-state index contributed by atoms with van der Waals surface area (Å²) < 4.78 is 5.31. The fourth-order valence-corrected chi connectivity index (χ4v) is 7.18. The Labute approximate surface area is 201 Å². The quantitative estimate of drug-likeness (QED) is 0.450. The number of carbonyl (C=O) groups is 2. The summed E-state index contributed by atoms with van der Waals surface area (Å²) in [5.74, 6) is -0.648. The van der Waals surface area contributed by atoms with Crippen LogP contribution in [0.2, 0.25) is 0 Å². The number of nitrogens with two attached hydrogens (primary N) is 1. The summed E-state index contributed by atoms with van der Waals surface area (Å²) in [7, 11) is 0. The second-order valence-corrected chi connectivity index (χ2v) is 10.9. The zero-order valence-corrected chi connectivity index (χ0v) is 20.6. The summed E-state index contributed by atoms with van der Waals surface area (Å²) >= 11 is 2.83. The SMILES string of the molecule is CCOC(=O)c1c(NC(=O)c2sc3nc4c(cc3c2N)CCCCCC4)sc2c1CCCC2. The van der Waals surface area contributed by atoms with Gasteiger partial charge in [0.2, 0.25) is 0 Å². The number of thiophene rings is 2. The van der Waals surface area contributed by atoms with Crippen molar-refractivity contribution in [2.75, 3.05) is 17.7 Å². The molecule has 33 heavy (non-hydrogen) atoms. The average molecular weight is 484 g/mol. The van der Waals surface area contributed by atoms with Crippen molar-refractivity contribution >= 4 is 55.5 Å². The van der Waals surface area contributed by atoms with E-state index in [0.717, 1.165) is 72.8 Å². The molecule has 0 spiro atoms. The lowest BCUT2D eigenvalue weighted by molar-refractivity contribution is 0.0526. The van der Waals surface area contributed by atoms with Gasteiger partial charge in [0, 0.05) is 16.0 Å². The lowest BCUT2D eigenvalue weighted by Gasteiger charge is -2.12. The lowest BCUT2D eigenvalue weighted by Crippen LogP contribution is -2.15. The minimum atomic E-state index is -0.363. The molecule has 0 radical (unpaired) electrons. The molecule has 0 aliphatic heterocycles. The largest absolute Gasteiger partial charge is 0.462 e. The van der Waals surface area contributed by atoms with Gasteiger partial charge in [-0.2, -0.15) is 0 Å². The molecule has 0 aromatic carbocycles. The van der Waals surface area contributed by atoms with E-state index in [1.54, 1.807) is 6.92 Å². The summed E-state index contributed by atoms with van der Waals surface area (Å²) in [4.78, 5) is 33.4. The van der Waals surface area contributed by atoms with E-state index in [4.69, 9.17) is 15.5 Å². The standard InChI is InChI=1S/C25H29N3O3S2/c1-2-31-25(30)19-15-10-7-8-12-18(15)32-24(19)28-22(29)21-20(26)16-13-14-9-5-3-4-6-11-17(14)27-23(16)33-21/h13H,2-12,26H2,1H3,(H,28,29). The number of pyridine rings is 1. The van der Waals surface area contributed by atoms with Crippen LogP contribution >= 0.6 is 22.7 Å². The molecule has 5 rings (SSSR count). The van der Waals surface area contributed by atoms with Gasteiger partial charge in [0.15, 0.2) is 0 Å². The third-order valence-corrected chi connectivity index (χ3v) is 8.90. The zero-order valence-electron chi connectivity index (χ0n) is 18.9. The van der Waals surface area contributed by atoms with Crippen molar-refractivity contribution in [3.8, 4) is 0 Å². The van der Waals surface area contributed by atoms with Crippen LogP contribution in [-0.4, -0.2) is 23.5 Å². The minimum Gasteiger partial charge on any atom is -0.462 e. The van der Waals surface area contributed by atoms with Crippen LogP contribution in [0.5, 0.6) is 0 Å². The summed E-state index contributed by atoms with van der Waals surface area (Å²) in [6, 6.07) is 2.14. The number of carbonyl (C=O) groups excluding carboxylic acids is 2. The maximum atomic E-state index is 13.3. The molecule has 3 heterocycles. The monoisotopic (exact) mass is 483 g/mol. The molecule has 3 aromatic heterocycles. The van der Waals surface area contributed by atoms with Gasteiger partial charge < -0.3 is 15.8 Å². The van der Waals surface area contributed by atoms with Crippen molar-refractivity contribution in [2.45, 2.75) is 71.1 Å².